The van der Waals surface area contributed by atoms with E-state index in [0.29, 0.717) is 5.82 Å². The van der Waals surface area contributed by atoms with E-state index in [1.54, 1.807) is 19.5 Å². The number of nitrogens with zero attached hydrogens (tertiary/aromatic N) is 4. The minimum Gasteiger partial charge on any atom is -0.367 e. The summed E-state index contributed by atoms with van der Waals surface area (Å²) in [6.07, 6.45) is 6.77. The maximum Gasteiger partial charge on any atom is 0.259 e. The van der Waals surface area contributed by atoms with E-state index in [4.69, 9.17) is 4.74 Å². The van der Waals surface area contributed by atoms with Crippen molar-refractivity contribution in [1.82, 2.24) is 19.7 Å². The lowest BCUT2D eigenvalue weighted by molar-refractivity contribution is -0.126. The fourth-order valence-corrected chi connectivity index (χ4v) is 3.99. The van der Waals surface area contributed by atoms with Crippen LogP contribution in [0.2, 0.25) is 0 Å². The lowest BCUT2D eigenvalue weighted by Crippen LogP contribution is -2.35. The third kappa shape index (κ3) is 4.75. The standard InChI is InChI=1S/C23H27N5O2/c1-30-22(19-7-3-2-4-8-19)23(29)26-21-9-13-25-28(21)20-10-14-27(15-11-20)17-18-6-5-12-24-16-18/h2-9,12-13,16,20,22H,10-11,14-15,17H2,1H3,(H,26,29)/t22-/m1/s1. The van der Waals surface area contributed by atoms with Gasteiger partial charge in [0.1, 0.15) is 5.82 Å². The molecule has 1 fully saturated rings. The van der Waals surface area contributed by atoms with Gasteiger partial charge in [-0.1, -0.05) is 36.4 Å². The number of benzene rings is 1. The molecule has 0 unspecified atom stereocenters. The third-order valence-corrected chi connectivity index (χ3v) is 5.53. The lowest BCUT2D eigenvalue weighted by Gasteiger charge is -2.32. The zero-order valence-corrected chi connectivity index (χ0v) is 17.1. The minimum absolute atomic E-state index is 0.195. The fraction of sp³-hybridized carbons (Fsp3) is 0.348. The molecule has 1 atom stereocenters. The maximum atomic E-state index is 12.8. The van der Waals surface area contributed by atoms with Crippen LogP contribution >= 0.6 is 0 Å². The first-order valence-electron chi connectivity index (χ1n) is 10.3. The Labute approximate surface area is 176 Å². The number of nitrogens with one attached hydrogen (secondary N) is 1. The van der Waals surface area contributed by atoms with Crippen LogP contribution in [-0.2, 0) is 16.1 Å². The Morgan fingerprint density at radius 1 is 1.13 bits per heavy atom. The minimum atomic E-state index is -0.657. The number of piperidine rings is 1. The Hall–Kier alpha value is -3.03. The van der Waals surface area contributed by atoms with Gasteiger partial charge in [0.25, 0.3) is 5.91 Å². The summed E-state index contributed by atoms with van der Waals surface area (Å²) >= 11 is 0. The van der Waals surface area contributed by atoms with Crippen molar-refractivity contribution in [1.29, 1.82) is 0 Å². The molecule has 0 saturated carbocycles. The summed E-state index contributed by atoms with van der Waals surface area (Å²) in [5, 5.41) is 7.50. The van der Waals surface area contributed by atoms with Crippen molar-refractivity contribution in [2.75, 3.05) is 25.5 Å². The lowest BCUT2D eigenvalue weighted by atomic mass is 10.0. The Bertz CT molecular complexity index is 936. The van der Waals surface area contributed by atoms with E-state index in [1.165, 1.54) is 5.56 Å². The van der Waals surface area contributed by atoms with E-state index in [-0.39, 0.29) is 11.9 Å². The first-order chi connectivity index (χ1) is 14.7. The van der Waals surface area contributed by atoms with Crippen LogP contribution in [0.3, 0.4) is 0 Å². The van der Waals surface area contributed by atoms with E-state index >= 15 is 0 Å². The fourth-order valence-electron chi connectivity index (χ4n) is 3.99. The van der Waals surface area contributed by atoms with Crippen molar-refractivity contribution in [3.8, 4) is 0 Å². The van der Waals surface area contributed by atoms with Crippen LogP contribution in [-0.4, -0.2) is 45.8 Å². The van der Waals surface area contributed by atoms with E-state index < -0.39 is 6.10 Å². The highest BCUT2D eigenvalue weighted by molar-refractivity contribution is 5.94. The van der Waals surface area contributed by atoms with Gasteiger partial charge in [-0.2, -0.15) is 5.10 Å². The molecule has 2 aromatic heterocycles. The summed E-state index contributed by atoms with van der Waals surface area (Å²) in [7, 11) is 1.55. The molecular formula is C23H27N5O2. The SMILES string of the molecule is CO[C@@H](C(=O)Nc1ccnn1C1CCN(Cc2cccnc2)CC1)c1ccccc1. The molecule has 30 heavy (non-hydrogen) atoms. The molecule has 0 spiro atoms. The molecule has 0 aliphatic carbocycles. The zero-order valence-electron chi connectivity index (χ0n) is 17.1. The molecule has 0 radical (unpaired) electrons. The van der Waals surface area contributed by atoms with Crippen LogP contribution in [0.4, 0.5) is 5.82 Å². The van der Waals surface area contributed by atoms with Crippen molar-refractivity contribution in [3.05, 3.63) is 78.2 Å². The molecule has 0 bridgehead atoms. The Morgan fingerprint density at radius 3 is 2.63 bits per heavy atom. The van der Waals surface area contributed by atoms with Gasteiger partial charge in [-0.25, -0.2) is 4.68 Å². The number of amides is 1. The van der Waals surface area contributed by atoms with Gasteiger partial charge in [-0.05, 0) is 30.0 Å². The second-order valence-electron chi connectivity index (χ2n) is 7.55. The first kappa shape index (κ1) is 20.3. The van der Waals surface area contributed by atoms with Gasteiger partial charge in [-0.15, -0.1) is 0 Å². The molecule has 1 aliphatic rings. The number of pyridine rings is 1. The van der Waals surface area contributed by atoms with Gasteiger partial charge >= 0.3 is 0 Å². The van der Waals surface area contributed by atoms with Crippen molar-refractivity contribution < 1.29 is 9.53 Å². The summed E-state index contributed by atoms with van der Waals surface area (Å²) in [6, 6.07) is 15.7. The van der Waals surface area contributed by atoms with Gasteiger partial charge in [-0.3, -0.25) is 14.7 Å². The molecule has 7 nitrogen and oxygen atoms in total. The molecule has 3 aromatic rings. The molecule has 1 saturated heterocycles. The number of likely N-dealkylation sites (tertiary alicyclic amines) is 1. The van der Waals surface area contributed by atoms with Gasteiger partial charge in [0, 0.05) is 45.2 Å². The second kappa shape index (κ2) is 9.65. The van der Waals surface area contributed by atoms with Gasteiger partial charge in [0.2, 0.25) is 0 Å². The summed E-state index contributed by atoms with van der Waals surface area (Å²) in [5.41, 5.74) is 2.06. The number of anilines is 1. The number of aromatic nitrogens is 3. The van der Waals surface area contributed by atoms with Crippen LogP contribution in [0.1, 0.15) is 36.1 Å². The number of hydrogen-bond donors (Lipinski definition) is 1. The number of methoxy groups -OCH3 is 1. The van der Waals surface area contributed by atoms with E-state index in [0.717, 1.165) is 38.0 Å². The number of hydrogen-bond acceptors (Lipinski definition) is 5. The predicted octanol–water partition coefficient (Wildman–Crippen LogP) is 3.44. The van der Waals surface area contributed by atoms with Crippen molar-refractivity contribution in [3.63, 3.8) is 0 Å². The maximum absolute atomic E-state index is 12.8. The molecular weight excluding hydrogens is 378 g/mol. The van der Waals surface area contributed by atoms with Crippen LogP contribution in [0.15, 0.2) is 67.1 Å². The van der Waals surface area contributed by atoms with E-state index in [1.807, 2.05) is 53.3 Å². The third-order valence-electron chi connectivity index (χ3n) is 5.53. The van der Waals surface area contributed by atoms with Crippen LogP contribution in [0, 0.1) is 0 Å². The number of rotatable bonds is 7. The van der Waals surface area contributed by atoms with Gasteiger partial charge < -0.3 is 10.1 Å². The summed E-state index contributed by atoms with van der Waals surface area (Å²) in [5.74, 6) is 0.517. The Balaban J connectivity index is 1.37. The molecule has 1 aromatic carbocycles. The molecule has 1 amide bonds. The first-order valence-corrected chi connectivity index (χ1v) is 10.3. The summed E-state index contributed by atoms with van der Waals surface area (Å²) in [4.78, 5) is 19.5. The Morgan fingerprint density at radius 2 is 1.93 bits per heavy atom. The molecule has 4 rings (SSSR count). The normalized spacial score (nSPS) is 16.3. The number of carbonyl (C=O) groups is 1. The monoisotopic (exact) mass is 405 g/mol. The molecule has 3 heterocycles. The highest BCUT2D eigenvalue weighted by Crippen LogP contribution is 2.27. The zero-order chi connectivity index (χ0) is 20.8. The number of carbonyl (C=O) groups excluding carboxylic acids is 1. The number of ether oxygens (including phenoxy) is 1. The average molecular weight is 406 g/mol. The molecule has 156 valence electrons. The summed E-state index contributed by atoms with van der Waals surface area (Å²) in [6.45, 7) is 2.88. The highest BCUT2D eigenvalue weighted by Gasteiger charge is 2.25. The molecule has 1 aliphatic heterocycles. The average Bonchev–Trinajstić information content (AvgIpc) is 3.24. The van der Waals surface area contributed by atoms with Crippen molar-refractivity contribution >= 4 is 11.7 Å². The Kier molecular flexibility index (Phi) is 6.51. The van der Waals surface area contributed by atoms with Crippen LogP contribution in [0.25, 0.3) is 0 Å². The smallest absolute Gasteiger partial charge is 0.259 e. The molecule has 1 N–H and O–H groups in total. The molecule has 7 heteroatoms. The van der Waals surface area contributed by atoms with Gasteiger partial charge in [0.15, 0.2) is 6.10 Å². The van der Waals surface area contributed by atoms with Crippen molar-refractivity contribution in [2.24, 2.45) is 0 Å². The second-order valence-corrected chi connectivity index (χ2v) is 7.55. The van der Waals surface area contributed by atoms with Crippen molar-refractivity contribution in [2.45, 2.75) is 31.5 Å². The largest absolute Gasteiger partial charge is 0.367 e. The summed E-state index contributed by atoms with van der Waals surface area (Å²) < 4.78 is 7.39. The quantitative estimate of drug-likeness (QED) is 0.652. The van der Waals surface area contributed by atoms with E-state index in [2.05, 4.69) is 26.4 Å². The van der Waals surface area contributed by atoms with E-state index in [9.17, 15) is 4.79 Å². The highest BCUT2D eigenvalue weighted by atomic mass is 16.5. The topological polar surface area (TPSA) is 72.3 Å². The van der Waals surface area contributed by atoms with Crippen LogP contribution in [0.5, 0.6) is 0 Å². The van der Waals surface area contributed by atoms with Crippen LogP contribution < -0.4 is 5.32 Å². The van der Waals surface area contributed by atoms with Gasteiger partial charge in [0.05, 0.1) is 12.2 Å². The predicted molar refractivity (Wildman–Crippen MR) is 115 cm³/mol.